The molecule has 4 nitrogen and oxygen atoms in total. The largest absolute Gasteiger partial charge is 0.577 e. The van der Waals surface area contributed by atoms with Gasteiger partial charge in [0.05, 0.1) is 0 Å². The van der Waals surface area contributed by atoms with Crippen LogP contribution in [-0.2, 0) is 12.0 Å². The van der Waals surface area contributed by atoms with Crippen LogP contribution in [0.15, 0.2) is 0 Å². The third-order valence-electron chi connectivity index (χ3n) is 2.83. The summed E-state index contributed by atoms with van der Waals surface area (Å²) < 4.78 is 0. The third-order valence-corrected chi connectivity index (χ3v) is 15.8. The first-order valence-corrected chi connectivity index (χ1v) is 12.9. The Morgan fingerprint density at radius 2 is 1.05 bits per heavy atom. The number of hydrogen-bond donors (Lipinski definition) is 0. The van der Waals surface area contributed by atoms with Crippen molar-refractivity contribution in [3.63, 3.8) is 0 Å². The van der Waals surface area contributed by atoms with Crippen molar-refractivity contribution in [3.8, 4) is 0 Å². The van der Waals surface area contributed by atoms with Crippen molar-refractivity contribution in [2.24, 2.45) is 0 Å². The van der Waals surface area contributed by atoms with Crippen LogP contribution in [0.25, 0.3) is 11.2 Å². The van der Waals surface area contributed by atoms with Gasteiger partial charge in [0.1, 0.15) is 0 Å². The standard InChI is InChI=1S/C12H27P.BrH.Co.2NO/c1-4-7-10-13(11-8-5-2)12-9-6-3;;;2*1-2/h4-12H2,1-3H3;1H;;;/q;;+1;2*-1/p-1. The Bertz CT molecular complexity index is 203. The van der Waals surface area contributed by atoms with E-state index in [1.54, 1.807) is 12.0 Å². The maximum Gasteiger partial charge on any atom is -0.423 e. The molecule has 0 aliphatic carbocycles. The molecule has 0 rings (SSSR count). The normalized spacial score (nSPS) is 10.1. The molecule has 0 unspecified atom stereocenters. The van der Waals surface area contributed by atoms with E-state index in [2.05, 4.69) is 34.9 Å². The van der Waals surface area contributed by atoms with Gasteiger partial charge in [-0.3, -0.25) is 0 Å². The van der Waals surface area contributed by atoms with Gasteiger partial charge in [0, 0.05) is 0 Å². The predicted octanol–water partition coefficient (Wildman–Crippen LogP) is 6.36. The molecule has 0 saturated carbocycles. The van der Waals surface area contributed by atoms with Crippen LogP contribution in [0.4, 0.5) is 0 Å². The maximum absolute atomic E-state index is 7.25. The molecule has 7 heteroatoms. The average Bonchev–Trinajstić information content (AvgIpc) is 2.51. The Hall–Kier alpha value is 0.616. The van der Waals surface area contributed by atoms with Crippen molar-refractivity contribution in [1.82, 2.24) is 0 Å². The van der Waals surface area contributed by atoms with Crippen molar-refractivity contribution in [2.75, 3.05) is 18.5 Å². The molecule has 0 spiro atoms. The van der Waals surface area contributed by atoms with Gasteiger partial charge in [0.2, 0.25) is 0 Å². The van der Waals surface area contributed by atoms with Gasteiger partial charge in [0.25, 0.3) is 0 Å². The van der Waals surface area contributed by atoms with E-state index < -0.39 is 5.55 Å². The monoisotopic (exact) mass is 400 g/mol. The Labute approximate surface area is 130 Å². The second-order valence-electron chi connectivity index (χ2n) is 4.27. The summed E-state index contributed by atoms with van der Waals surface area (Å²) in [7, 11) is 0. The SMILES string of the molecule is CCCC[P](CCCC)(CCCC)=[Co][Br].[N-]=O.[N-]=O. The zero-order valence-corrected chi connectivity index (χ0v) is 15.8. The molecule has 0 aromatic heterocycles. The maximum atomic E-state index is 7.25. The minimum absolute atomic E-state index is 0.641. The van der Waals surface area contributed by atoms with Gasteiger partial charge >= 0.3 is 110 Å². The van der Waals surface area contributed by atoms with E-state index in [-0.39, 0.29) is 0 Å². The molecule has 19 heavy (non-hydrogen) atoms. The van der Waals surface area contributed by atoms with Gasteiger partial charge in [-0.25, -0.2) is 0 Å². The smallest absolute Gasteiger partial charge is 0.423 e. The second-order valence-corrected chi connectivity index (χ2v) is 14.1. The van der Waals surface area contributed by atoms with Crippen LogP contribution in [0.1, 0.15) is 59.3 Å². The summed E-state index contributed by atoms with van der Waals surface area (Å²) in [5, 5.41) is 0. The number of unbranched alkanes of at least 4 members (excludes halogenated alkanes) is 3. The molecule has 0 atom stereocenters. The molecule has 0 radical (unpaired) electrons. The molecule has 0 heterocycles. The van der Waals surface area contributed by atoms with E-state index >= 15 is 0 Å². The Kier molecular flexibility index (Phi) is 27.1. The van der Waals surface area contributed by atoms with E-state index in [4.69, 9.17) is 21.0 Å². The summed E-state index contributed by atoms with van der Waals surface area (Å²) in [6, 6.07) is 0. The topological polar surface area (TPSA) is 78.7 Å². The van der Waals surface area contributed by atoms with Crippen LogP contribution >= 0.6 is 19.7 Å². The molecule has 0 amide bonds. The summed E-state index contributed by atoms with van der Waals surface area (Å²) in [5.74, 6) is 0. The molecular formula is C12H27BrCoN2O2P-2. The van der Waals surface area contributed by atoms with Crippen molar-refractivity contribution >= 4 is 19.7 Å². The van der Waals surface area contributed by atoms with E-state index in [1.807, 2.05) is 0 Å². The predicted molar refractivity (Wildman–Crippen MR) is 88.6 cm³/mol. The fraction of sp³-hybridized carbons (Fsp3) is 1.00. The summed E-state index contributed by atoms with van der Waals surface area (Å²) in [4.78, 5) is 14.5. The molecule has 0 saturated heterocycles. The zero-order chi connectivity index (χ0) is 15.6. The fourth-order valence-electron chi connectivity index (χ4n) is 1.72. The minimum atomic E-state index is -0.641. The molecular weight excluding hydrogens is 374 g/mol. The van der Waals surface area contributed by atoms with Gasteiger partial charge in [-0.15, -0.1) is 0 Å². The molecule has 0 N–H and O–H groups in total. The molecule has 120 valence electrons. The zero-order valence-electron chi connectivity index (χ0n) is 12.2. The second kappa shape index (κ2) is 20.9. The van der Waals surface area contributed by atoms with Crippen molar-refractivity contribution in [1.29, 1.82) is 0 Å². The quantitative estimate of drug-likeness (QED) is 0.422. The Balaban J connectivity index is -0.000000579. The summed E-state index contributed by atoms with van der Waals surface area (Å²) in [6.45, 7) is 6.96. The fourth-order valence-corrected chi connectivity index (χ4v) is 11.8. The number of halogens is 1. The molecule has 0 aliphatic rings. The summed E-state index contributed by atoms with van der Waals surface area (Å²) in [6.07, 6.45) is 13.0. The number of nitroso groups, excluding NO2 is 2. The molecule has 0 bridgehead atoms. The molecule has 0 aliphatic heterocycles. The van der Waals surface area contributed by atoms with Crippen LogP contribution in [-0.4, -0.2) is 18.5 Å². The Morgan fingerprint density at radius 1 is 0.789 bits per heavy atom. The van der Waals surface area contributed by atoms with Crippen LogP contribution in [0.5, 0.6) is 0 Å². The molecule has 0 aromatic carbocycles. The Morgan fingerprint density at radius 3 is 1.21 bits per heavy atom. The average molecular weight is 401 g/mol. The van der Waals surface area contributed by atoms with E-state index in [0.717, 1.165) is 0 Å². The van der Waals surface area contributed by atoms with Crippen molar-refractivity contribution in [2.45, 2.75) is 59.3 Å². The van der Waals surface area contributed by atoms with E-state index in [9.17, 15) is 0 Å². The first kappa shape index (κ1) is 24.6. The van der Waals surface area contributed by atoms with Crippen molar-refractivity contribution in [3.05, 3.63) is 21.0 Å². The first-order chi connectivity index (χ1) is 9.24. The van der Waals surface area contributed by atoms with E-state index in [1.165, 1.54) is 57.0 Å². The summed E-state index contributed by atoms with van der Waals surface area (Å²) >= 11 is 5.38. The number of rotatable bonds is 9. The van der Waals surface area contributed by atoms with Gasteiger partial charge in [-0.1, -0.05) is 0 Å². The third kappa shape index (κ3) is 14.8. The van der Waals surface area contributed by atoms with Crippen LogP contribution in [0.2, 0.25) is 0 Å². The number of hydrogen-bond acceptors (Lipinski definition) is 2. The number of nitrogens with zero attached hydrogens (tertiary/aromatic N) is 2. The first-order valence-electron chi connectivity index (χ1n) is 6.71. The van der Waals surface area contributed by atoms with Crippen LogP contribution in [0.3, 0.4) is 0 Å². The van der Waals surface area contributed by atoms with Gasteiger partial charge in [0.15, 0.2) is 0 Å². The molecule has 0 fully saturated rings. The van der Waals surface area contributed by atoms with E-state index in [0.29, 0.717) is 0 Å². The van der Waals surface area contributed by atoms with Crippen molar-refractivity contribution < 1.29 is 12.0 Å². The van der Waals surface area contributed by atoms with Crippen LogP contribution < -0.4 is 0 Å². The summed E-state index contributed by atoms with van der Waals surface area (Å²) in [5.41, 5.74) is 10.9. The van der Waals surface area contributed by atoms with Crippen LogP contribution in [0, 0.1) is 9.81 Å². The van der Waals surface area contributed by atoms with Gasteiger partial charge < -0.3 is 21.0 Å². The molecule has 0 aromatic rings. The van der Waals surface area contributed by atoms with Gasteiger partial charge in [-0.05, 0) is 0 Å². The minimum Gasteiger partial charge on any atom is -0.577 e. The van der Waals surface area contributed by atoms with Gasteiger partial charge in [-0.2, -0.15) is 0 Å².